The van der Waals surface area contributed by atoms with Gasteiger partial charge < -0.3 is 9.84 Å². The van der Waals surface area contributed by atoms with Gasteiger partial charge in [0.15, 0.2) is 0 Å². The monoisotopic (exact) mass is 266 g/mol. The van der Waals surface area contributed by atoms with E-state index in [0.29, 0.717) is 22.9 Å². The van der Waals surface area contributed by atoms with Crippen LogP contribution in [-0.2, 0) is 20.1 Å². The predicted octanol–water partition coefficient (Wildman–Crippen LogP) is 2.19. The molecule has 0 saturated heterocycles. The molecule has 96 valence electrons. The molecule has 1 heterocycles. The molecule has 5 heteroatoms. The molecule has 0 bridgehead atoms. The van der Waals surface area contributed by atoms with Crippen LogP contribution in [0.5, 0.6) is 5.75 Å². The van der Waals surface area contributed by atoms with E-state index < -0.39 is 0 Å². The summed E-state index contributed by atoms with van der Waals surface area (Å²) in [5.74, 6) is 0.672. The van der Waals surface area contributed by atoms with E-state index in [1.165, 1.54) is 0 Å². The molecular formula is C13H15ClN2O2. The van der Waals surface area contributed by atoms with Crippen molar-refractivity contribution in [3.8, 4) is 5.75 Å². The summed E-state index contributed by atoms with van der Waals surface area (Å²) in [5, 5.41) is 13.9. The fourth-order valence-corrected chi connectivity index (χ4v) is 1.89. The third-order valence-corrected chi connectivity index (χ3v) is 2.83. The van der Waals surface area contributed by atoms with Crippen LogP contribution in [0.25, 0.3) is 0 Å². The molecule has 0 aliphatic rings. The van der Waals surface area contributed by atoms with Crippen LogP contribution in [0.4, 0.5) is 0 Å². The lowest BCUT2D eigenvalue weighted by atomic mass is 10.2. The average Bonchev–Trinajstić information content (AvgIpc) is 2.77. The number of hydrogen-bond donors (Lipinski definition) is 1. The standard InChI is InChI=1S/C13H15ClN2O2/c1-16-8-10(7-15-16)4-5-18-13-3-2-12(14)6-11(13)9-17/h2-3,6-8,17H,4-5,9H2,1H3. The first-order chi connectivity index (χ1) is 8.69. The number of halogens is 1. The highest BCUT2D eigenvalue weighted by Gasteiger charge is 2.04. The summed E-state index contributed by atoms with van der Waals surface area (Å²) in [7, 11) is 1.88. The van der Waals surface area contributed by atoms with Crippen molar-refractivity contribution >= 4 is 11.6 Å². The van der Waals surface area contributed by atoms with Gasteiger partial charge in [-0.25, -0.2) is 0 Å². The number of rotatable bonds is 5. The highest BCUT2D eigenvalue weighted by atomic mass is 35.5. The van der Waals surface area contributed by atoms with Gasteiger partial charge in [-0.15, -0.1) is 0 Å². The maximum absolute atomic E-state index is 9.21. The predicted molar refractivity (Wildman–Crippen MR) is 69.8 cm³/mol. The summed E-state index contributed by atoms with van der Waals surface area (Å²) >= 11 is 5.85. The molecule has 0 radical (unpaired) electrons. The van der Waals surface area contributed by atoms with E-state index in [1.54, 1.807) is 22.9 Å². The first-order valence-electron chi connectivity index (χ1n) is 5.68. The van der Waals surface area contributed by atoms with Crippen LogP contribution in [0, 0.1) is 0 Å². The Morgan fingerprint density at radius 2 is 2.28 bits per heavy atom. The van der Waals surface area contributed by atoms with Crippen molar-refractivity contribution in [3.05, 3.63) is 46.7 Å². The topological polar surface area (TPSA) is 47.3 Å². The third-order valence-electron chi connectivity index (χ3n) is 2.60. The first kappa shape index (κ1) is 12.9. The van der Waals surface area contributed by atoms with Gasteiger partial charge in [-0.1, -0.05) is 11.6 Å². The maximum atomic E-state index is 9.21. The minimum atomic E-state index is -0.0806. The summed E-state index contributed by atoms with van der Waals surface area (Å²) in [6.07, 6.45) is 4.55. The zero-order chi connectivity index (χ0) is 13.0. The van der Waals surface area contributed by atoms with Gasteiger partial charge in [0.25, 0.3) is 0 Å². The number of aliphatic hydroxyl groups is 1. The van der Waals surface area contributed by atoms with Gasteiger partial charge in [-0.3, -0.25) is 4.68 Å². The molecule has 1 aromatic heterocycles. The second-order valence-corrected chi connectivity index (χ2v) is 4.47. The third kappa shape index (κ3) is 3.24. The highest BCUT2D eigenvalue weighted by Crippen LogP contribution is 2.23. The van der Waals surface area contributed by atoms with Gasteiger partial charge in [0.05, 0.1) is 19.4 Å². The SMILES string of the molecule is Cn1cc(CCOc2ccc(Cl)cc2CO)cn1. The van der Waals surface area contributed by atoms with Crippen LogP contribution < -0.4 is 4.74 Å². The Kier molecular flexibility index (Phi) is 4.23. The molecule has 18 heavy (non-hydrogen) atoms. The fourth-order valence-electron chi connectivity index (χ4n) is 1.69. The lowest BCUT2D eigenvalue weighted by Gasteiger charge is -2.09. The molecule has 2 rings (SSSR count). The zero-order valence-electron chi connectivity index (χ0n) is 10.1. The summed E-state index contributed by atoms with van der Waals surface area (Å²) in [4.78, 5) is 0. The van der Waals surface area contributed by atoms with Crippen LogP contribution in [0.15, 0.2) is 30.6 Å². The van der Waals surface area contributed by atoms with Crippen LogP contribution in [-0.4, -0.2) is 21.5 Å². The van der Waals surface area contributed by atoms with Gasteiger partial charge in [-0.05, 0) is 23.8 Å². The Labute approximate surface area is 111 Å². The molecule has 0 fully saturated rings. The molecule has 0 atom stereocenters. The van der Waals surface area contributed by atoms with Gasteiger partial charge in [0.2, 0.25) is 0 Å². The van der Waals surface area contributed by atoms with Crippen molar-refractivity contribution in [2.24, 2.45) is 7.05 Å². The van der Waals surface area contributed by atoms with Crippen LogP contribution in [0.3, 0.4) is 0 Å². The molecule has 4 nitrogen and oxygen atoms in total. The number of aliphatic hydroxyl groups excluding tert-OH is 1. The zero-order valence-corrected chi connectivity index (χ0v) is 10.9. The van der Waals surface area contributed by atoms with Crippen molar-refractivity contribution in [1.29, 1.82) is 0 Å². The van der Waals surface area contributed by atoms with Crippen molar-refractivity contribution in [2.75, 3.05) is 6.61 Å². The lowest BCUT2D eigenvalue weighted by Crippen LogP contribution is -2.03. The largest absolute Gasteiger partial charge is 0.493 e. The van der Waals surface area contributed by atoms with E-state index in [4.69, 9.17) is 16.3 Å². The Bertz CT molecular complexity index is 525. The fraction of sp³-hybridized carbons (Fsp3) is 0.308. The van der Waals surface area contributed by atoms with Crippen molar-refractivity contribution in [3.63, 3.8) is 0 Å². The van der Waals surface area contributed by atoms with Crippen LogP contribution in [0.1, 0.15) is 11.1 Å². The second-order valence-electron chi connectivity index (χ2n) is 4.03. The van der Waals surface area contributed by atoms with E-state index in [0.717, 1.165) is 12.0 Å². The summed E-state index contributed by atoms with van der Waals surface area (Å²) in [6.45, 7) is 0.461. The summed E-state index contributed by atoms with van der Waals surface area (Å²) in [5.41, 5.74) is 1.82. The Morgan fingerprint density at radius 1 is 1.44 bits per heavy atom. The quantitative estimate of drug-likeness (QED) is 0.902. The summed E-state index contributed by atoms with van der Waals surface area (Å²) in [6, 6.07) is 5.23. The van der Waals surface area contributed by atoms with Crippen molar-refractivity contribution < 1.29 is 9.84 Å². The maximum Gasteiger partial charge on any atom is 0.124 e. The number of hydrogen-bond acceptors (Lipinski definition) is 3. The smallest absolute Gasteiger partial charge is 0.124 e. The van der Waals surface area contributed by atoms with Gasteiger partial charge >= 0.3 is 0 Å². The minimum absolute atomic E-state index is 0.0806. The van der Waals surface area contributed by atoms with E-state index in [-0.39, 0.29) is 6.61 Å². The molecule has 1 N–H and O–H groups in total. The first-order valence-corrected chi connectivity index (χ1v) is 6.06. The molecule has 2 aromatic rings. The Morgan fingerprint density at radius 3 is 2.94 bits per heavy atom. The molecule has 0 aliphatic carbocycles. The second kappa shape index (κ2) is 5.89. The normalized spacial score (nSPS) is 10.6. The molecule has 1 aromatic carbocycles. The molecule has 0 spiro atoms. The average molecular weight is 267 g/mol. The van der Waals surface area contributed by atoms with Crippen LogP contribution >= 0.6 is 11.6 Å². The molecule has 0 saturated carbocycles. The van der Waals surface area contributed by atoms with Crippen LogP contribution in [0.2, 0.25) is 5.02 Å². The van der Waals surface area contributed by atoms with Gasteiger partial charge in [-0.2, -0.15) is 5.10 Å². The number of aryl methyl sites for hydroxylation is 1. The van der Waals surface area contributed by atoms with E-state index in [2.05, 4.69) is 5.10 Å². The highest BCUT2D eigenvalue weighted by molar-refractivity contribution is 6.30. The van der Waals surface area contributed by atoms with Crippen molar-refractivity contribution in [2.45, 2.75) is 13.0 Å². The van der Waals surface area contributed by atoms with E-state index in [9.17, 15) is 5.11 Å². The number of ether oxygens (including phenoxy) is 1. The number of benzene rings is 1. The molecule has 0 amide bonds. The van der Waals surface area contributed by atoms with Gasteiger partial charge in [0, 0.05) is 30.3 Å². The summed E-state index contributed by atoms with van der Waals surface area (Å²) < 4.78 is 7.40. The number of nitrogens with zero attached hydrogens (tertiary/aromatic N) is 2. The Hall–Kier alpha value is -1.52. The Balaban J connectivity index is 1.94. The van der Waals surface area contributed by atoms with E-state index >= 15 is 0 Å². The minimum Gasteiger partial charge on any atom is -0.493 e. The molecular weight excluding hydrogens is 252 g/mol. The van der Waals surface area contributed by atoms with E-state index in [1.807, 2.05) is 19.4 Å². The van der Waals surface area contributed by atoms with Gasteiger partial charge in [0.1, 0.15) is 5.75 Å². The van der Waals surface area contributed by atoms with Crippen molar-refractivity contribution in [1.82, 2.24) is 9.78 Å². The molecule has 0 unspecified atom stereocenters. The molecule has 0 aliphatic heterocycles. The number of aromatic nitrogens is 2. The lowest BCUT2D eigenvalue weighted by molar-refractivity contribution is 0.264.